The normalized spacial score (nSPS) is 18.9. The van der Waals surface area contributed by atoms with E-state index in [4.69, 9.17) is 0 Å². The average Bonchev–Trinajstić information content (AvgIpc) is 2.63. The summed E-state index contributed by atoms with van der Waals surface area (Å²) in [6.45, 7) is 10.8. The maximum atomic E-state index is 11.7. The molecule has 2 rings (SSSR count). The Bertz CT molecular complexity index is 762. The maximum Gasteiger partial charge on any atom is 0.191 e. The van der Waals surface area contributed by atoms with Crippen LogP contribution in [0, 0.1) is 6.92 Å². The van der Waals surface area contributed by atoms with Gasteiger partial charge in [-0.3, -0.25) is 0 Å². The number of benzene rings is 1. The van der Waals surface area contributed by atoms with Crippen LogP contribution in [-0.4, -0.2) is 57.8 Å². The molecule has 0 spiro atoms. The average molecular weight is 409 g/mol. The van der Waals surface area contributed by atoms with Crippen LogP contribution in [0.1, 0.15) is 50.7 Å². The highest BCUT2D eigenvalue weighted by molar-refractivity contribution is 7.90. The minimum atomic E-state index is -3.18. The molecule has 1 atom stereocenters. The van der Waals surface area contributed by atoms with Crippen molar-refractivity contribution in [3.63, 3.8) is 0 Å². The van der Waals surface area contributed by atoms with Gasteiger partial charge in [-0.25, -0.2) is 13.4 Å². The number of likely N-dealkylation sites (tertiary alicyclic amines) is 1. The van der Waals surface area contributed by atoms with Crippen LogP contribution in [0.15, 0.2) is 28.1 Å². The van der Waals surface area contributed by atoms with Gasteiger partial charge in [0.25, 0.3) is 0 Å². The van der Waals surface area contributed by atoms with Crippen LogP contribution in [-0.2, 0) is 16.4 Å². The molecule has 7 heteroatoms. The number of sulfone groups is 1. The first-order valence-electron chi connectivity index (χ1n) is 10.4. The molecule has 1 unspecified atom stereocenters. The summed E-state index contributed by atoms with van der Waals surface area (Å²) in [5.74, 6) is 0.805. The van der Waals surface area contributed by atoms with Gasteiger partial charge in [-0.15, -0.1) is 0 Å². The highest BCUT2D eigenvalue weighted by Gasteiger charge is 2.17. The third-order valence-corrected chi connectivity index (χ3v) is 6.51. The van der Waals surface area contributed by atoms with Crippen molar-refractivity contribution in [3.05, 3.63) is 29.3 Å². The first-order chi connectivity index (χ1) is 13.3. The van der Waals surface area contributed by atoms with Gasteiger partial charge in [0.15, 0.2) is 15.8 Å². The second kappa shape index (κ2) is 10.8. The number of aliphatic imine (C=N–C) groups is 1. The summed E-state index contributed by atoms with van der Waals surface area (Å²) in [4.78, 5) is 7.62. The summed E-state index contributed by atoms with van der Waals surface area (Å²) in [5, 5.41) is 6.69. The van der Waals surface area contributed by atoms with Crippen molar-refractivity contribution in [2.75, 3.05) is 32.4 Å². The fraction of sp³-hybridized carbons (Fsp3) is 0.667. The molecule has 0 bridgehead atoms. The molecule has 0 saturated carbocycles. The van der Waals surface area contributed by atoms with E-state index in [0.717, 1.165) is 43.1 Å². The van der Waals surface area contributed by atoms with E-state index in [-0.39, 0.29) is 0 Å². The van der Waals surface area contributed by atoms with Crippen molar-refractivity contribution in [2.24, 2.45) is 4.99 Å². The van der Waals surface area contributed by atoms with E-state index in [1.165, 1.54) is 32.1 Å². The van der Waals surface area contributed by atoms with Crippen LogP contribution in [0.3, 0.4) is 0 Å². The van der Waals surface area contributed by atoms with Crippen LogP contribution >= 0.6 is 0 Å². The van der Waals surface area contributed by atoms with Crippen molar-refractivity contribution >= 4 is 15.8 Å². The standard InChI is InChI=1S/C21H36N4O2S/c1-5-22-21(23-12-8-14-25-13-7-6-9-18(25)3)24-16-19-10-11-20(17(2)15-19)28(4,26)27/h10-11,15,18H,5-9,12-14,16H2,1-4H3,(H2,22,23,24). The summed E-state index contributed by atoms with van der Waals surface area (Å²) in [6, 6.07) is 6.12. The quantitative estimate of drug-likeness (QED) is 0.393. The lowest BCUT2D eigenvalue weighted by Gasteiger charge is -2.33. The number of nitrogens with one attached hydrogen (secondary N) is 2. The van der Waals surface area contributed by atoms with Gasteiger partial charge in [0.05, 0.1) is 11.4 Å². The van der Waals surface area contributed by atoms with Gasteiger partial charge < -0.3 is 15.5 Å². The van der Waals surface area contributed by atoms with Crippen LogP contribution in [0.25, 0.3) is 0 Å². The second-order valence-corrected chi connectivity index (χ2v) is 9.71. The SMILES string of the molecule is CCNC(=NCc1ccc(S(C)(=O)=O)c(C)c1)NCCCN1CCCCC1C. The minimum Gasteiger partial charge on any atom is -0.357 e. The number of rotatable bonds is 8. The molecule has 1 heterocycles. The molecule has 0 aromatic heterocycles. The summed E-state index contributed by atoms with van der Waals surface area (Å²) in [6.07, 6.45) is 6.33. The van der Waals surface area contributed by atoms with Gasteiger partial charge in [0.2, 0.25) is 0 Å². The first-order valence-corrected chi connectivity index (χ1v) is 12.3. The Morgan fingerprint density at radius 3 is 2.71 bits per heavy atom. The number of aryl methyl sites for hydroxylation is 1. The van der Waals surface area contributed by atoms with E-state index in [1.54, 1.807) is 6.07 Å². The van der Waals surface area contributed by atoms with Gasteiger partial charge in [-0.05, 0) is 63.8 Å². The zero-order chi connectivity index (χ0) is 20.6. The Kier molecular flexibility index (Phi) is 8.76. The highest BCUT2D eigenvalue weighted by Crippen LogP contribution is 2.17. The first kappa shape index (κ1) is 22.7. The van der Waals surface area contributed by atoms with Crippen molar-refractivity contribution in [2.45, 2.75) is 63.9 Å². The lowest BCUT2D eigenvalue weighted by Crippen LogP contribution is -2.41. The lowest BCUT2D eigenvalue weighted by molar-refractivity contribution is 0.159. The monoisotopic (exact) mass is 408 g/mol. The fourth-order valence-corrected chi connectivity index (χ4v) is 4.68. The Balaban J connectivity index is 1.87. The number of nitrogens with zero attached hydrogens (tertiary/aromatic N) is 2. The Morgan fingerprint density at radius 1 is 1.29 bits per heavy atom. The third-order valence-electron chi connectivity index (χ3n) is 5.26. The molecule has 6 nitrogen and oxygen atoms in total. The number of piperidine rings is 1. The topological polar surface area (TPSA) is 73.8 Å². The number of guanidine groups is 1. The van der Waals surface area contributed by atoms with Gasteiger partial charge in [-0.1, -0.05) is 18.6 Å². The fourth-order valence-electron chi connectivity index (χ4n) is 3.72. The summed E-state index contributed by atoms with van der Waals surface area (Å²) in [7, 11) is -3.18. The van der Waals surface area contributed by atoms with Gasteiger partial charge in [0, 0.05) is 31.9 Å². The van der Waals surface area contributed by atoms with E-state index < -0.39 is 9.84 Å². The molecule has 158 valence electrons. The van der Waals surface area contributed by atoms with E-state index >= 15 is 0 Å². The molecule has 1 aromatic carbocycles. The largest absolute Gasteiger partial charge is 0.357 e. The molecule has 2 N–H and O–H groups in total. The van der Waals surface area contributed by atoms with E-state index in [0.29, 0.717) is 17.5 Å². The predicted molar refractivity (Wildman–Crippen MR) is 117 cm³/mol. The molecule has 0 aliphatic carbocycles. The third kappa shape index (κ3) is 7.09. The minimum absolute atomic E-state index is 0.386. The van der Waals surface area contributed by atoms with Gasteiger partial charge in [0.1, 0.15) is 0 Å². The summed E-state index contributed by atoms with van der Waals surface area (Å²) >= 11 is 0. The molecule has 1 aromatic rings. The molecular formula is C21H36N4O2S. The molecular weight excluding hydrogens is 372 g/mol. The molecule has 1 fully saturated rings. The Labute approximate surface area is 170 Å². The maximum absolute atomic E-state index is 11.7. The van der Waals surface area contributed by atoms with Crippen molar-refractivity contribution in [3.8, 4) is 0 Å². The number of hydrogen-bond acceptors (Lipinski definition) is 4. The van der Waals surface area contributed by atoms with Crippen molar-refractivity contribution in [1.82, 2.24) is 15.5 Å². The van der Waals surface area contributed by atoms with Gasteiger partial charge >= 0.3 is 0 Å². The van der Waals surface area contributed by atoms with E-state index in [1.807, 2.05) is 19.1 Å². The van der Waals surface area contributed by atoms with Crippen LogP contribution in [0.4, 0.5) is 0 Å². The Morgan fingerprint density at radius 2 is 2.07 bits per heavy atom. The molecule has 0 radical (unpaired) electrons. The smallest absolute Gasteiger partial charge is 0.191 e. The Hall–Kier alpha value is -1.60. The molecule has 0 amide bonds. The highest BCUT2D eigenvalue weighted by atomic mass is 32.2. The van der Waals surface area contributed by atoms with Crippen LogP contribution in [0.2, 0.25) is 0 Å². The predicted octanol–water partition coefficient (Wildman–Crippen LogP) is 2.72. The molecule has 1 aliphatic rings. The van der Waals surface area contributed by atoms with Crippen LogP contribution < -0.4 is 10.6 Å². The summed E-state index contributed by atoms with van der Waals surface area (Å²) in [5.41, 5.74) is 1.77. The zero-order valence-corrected chi connectivity index (χ0v) is 18.6. The molecule has 1 saturated heterocycles. The van der Waals surface area contributed by atoms with Crippen LogP contribution in [0.5, 0.6) is 0 Å². The van der Waals surface area contributed by atoms with Gasteiger partial charge in [-0.2, -0.15) is 0 Å². The summed E-state index contributed by atoms with van der Waals surface area (Å²) < 4.78 is 23.5. The second-order valence-electron chi connectivity index (χ2n) is 7.73. The lowest BCUT2D eigenvalue weighted by atomic mass is 10.0. The van der Waals surface area contributed by atoms with E-state index in [2.05, 4.69) is 34.4 Å². The van der Waals surface area contributed by atoms with Crippen molar-refractivity contribution < 1.29 is 8.42 Å². The molecule has 1 aliphatic heterocycles. The van der Waals surface area contributed by atoms with Crippen molar-refractivity contribution in [1.29, 1.82) is 0 Å². The zero-order valence-electron chi connectivity index (χ0n) is 17.8. The molecule has 28 heavy (non-hydrogen) atoms. The van der Waals surface area contributed by atoms with E-state index in [9.17, 15) is 8.42 Å². The number of hydrogen-bond donors (Lipinski definition) is 2.